The molecule has 1 rings (SSSR count). The predicted octanol–water partition coefficient (Wildman–Crippen LogP) is 2.71. The zero-order chi connectivity index (χ0) is 12.7. The van der Waals surface area contributed by atoms with Crippen LogP contribution in [0.15, 0.2) is 29.2 Å². The molecule has 4 heteroatoms. The highest BCUT2D eigenvalue weighted by molar-refractivity contribution is 7.85. The van der Waals surface area contributed by atoms with Crippen LogP contribution in [-0.4, -0.2) is 22.5 Å². The summed E-state index contributed by atoms with van der Waals surface area (Å²) in [6.07, 6.45) is 1.88. The van der Waals surface area contributed by atoms with E-state index in [9.17, 15) is 8.60 Å². The van der Waals surface area contributed by atoms with Crippen molar-refractivity contribution < 1.29 is 8.60 Å². The normalized spacial score (nSPS) is 14.5. The van der Waals surface area contributed by atoms with Gasteiger partial charge in [0.1, 0.15) is 5.82 Å². The van der Waals surface area contributed by atoms with Crippen molar-refractivity contribution in [3.8, 4) is 0 Å². The van der Waals surface area contributed by atoms with Gasteiger partial charge in [-0.05, 0) is 44.5 Å². The summed E-state index contributed by atoms with van der Waals surface area (Å²) in [6.45, 7) is 5.14. The number of rotatable bonds is 7. The number of nitrogens with one attached hydrogen (secondary N) is 1. The van der Waals surface area contributed by atoms with Gasteiger partial charge < -0.3 is 5.32 Å². The van der Waals surface area contributed by atoms with Crippen LogP contribution in [0.25, 0.3) is 0 Å². The van der Waals surface area contributed by atoms with Gasteiger partial charge in [-0.1, -0.05) is 13.0 Å². The molecule has 2 nitrogen and oxygen atoms in total. The van der Waals surface area contributed by atoms with Crippen molar-refractivity contribution in [1.29, 1.82) is 0 Å². The molecule has 0 aliphatic heterocycles. The average molecular weight is 257 g/mol. The van der Waals surface area contributed by atoms with E-state index in [-0.39, 0.29) is 5.82 Å². The Bertz CT molecular complexity index is 370. The highest BCUT2D eigenvalue weighted by atomic mass is 32.2. The average Bonchev–Trinajstić information content (AvgIpc) is 2.29. The van der Waals surface area contributed by atoms with Gasteiger partial charge in [-0.3, -0.25) is 4.21 Å². The fourth-order valence-corrected chi connectivity index (χ4v) is 2.84. The first-order valence-corrected chi connectivity index (χ1v) is 7.32. The van der Waals surface area contributed by atoms with Gasteiger partial charge in [-0.2, -0.15) is 0 Å². The standard InChI is InChI=1S/C13H20FNOS/c1-3-15-11(2)6-5-9-17(16)13-8-4-7-12(14)10-13/h4,7-8,10-11,15H,3,5-6,9H2,1-2H3. The van der Waals surface area contributed by atoms with Crippen molar-refractivity contribution >= 4 is 10.8 Å². The van der Waals surface area contributed by atoms with E-state index in [2.05, 4.69) is 19.2 Å². The van der Waals surface area contributed by atoms with Crippen LogP contribution in [0, 0.1) is 5.82 Å². The third-order valence-corrected chi connectivity index (χ3v) is 4.02. The Labute approximate surface area is 105 Å². The van der Waals surface area contributed by atoms with Crippen molar-refractivity contribution in [3.63, 3.8) is 0 Å². The lowest BCUT2D eigenvalue weighted by atomic mass is 10.2. The zero-order valence-electron chi connectivity index (χ0n) is 10.4. The highest BCUT2D eigenvalue weighted by Gasteiger charge is 2.06. The molecule has 2 atom stereocenters. The van der Waals surface area contributed by atoms with E-state index >= 15 is 0 Å². The van der Waals surface area contributed by atoms with Crippen LogP contribution >= 0.6 is 0 Å². The van der Waals surface area contributed by atoms with Crippen LogP contribution in [0.5, 0.6) is 0 Å². The van der Waals surface area contributed by atoms with E-state index in [0.717, 1.165) is 19.4 Å². The van der Waals surface area contributed by atoms with Crippen molar-refractivity contribution in [1.82, 2.24) is 5.32 Å². The molecule has 2 unspecified atom stereocenters. The van der Waals surface area contributed by atoms with Gasteiger partial charge in [-0.15, -0.1) is 0 Å². The van der Waals surface area contributed by atoms with Gasteiger partial charge in [0.05, 0.1) is 10.8 Å². The predicted molar refractivity (Wildman–Crippen MR) is 70.0 cm³/mol. The molecule has 17 heavy (non-hydrogen) atoms. The zero-order valence-corrected chi connectivity index (χ0v) is 11.2. The number of halogens is 1. The van der Waals surface area contributed by atoms with Gasteiger partial charge >= 0.3 is 0 Å². The van der Waals surface area contributed by atoms with Gasteiger partial charge in [-0.25, -0.2) is 4.39 Å². The molecule has 0 radical (unpaired) electrons. The maximum absolute atomic E-state index is 12.9. The number of hydrogen-bond acceptors (Lipinski definition) is 2. The second kappa shape index (κ2) is 7.56. The van der Waals surface area contributed by atoms with Crippen LogP contribution in [0.3, 0.4) is 0 Å². The monoisotopic (exact) mass is 257 g/mol. The van der Waals surface area contributed by atoms with Crippen LogP contribution in [0.1, 0.15) is 26.7 Å². The van der Waals surface area contributed by atoms with E-state index in [1.807, 2.05) is 0 Å². The molecule has 1 aromatic carbocycles. The third kappa shape index (κ3) is 5.41. The maximum Gasteiger partial charge on any atom is 0.124 e. The largest absolute Gasteiger partial charge is 0.315 e. The Hall–Kier alpha value is -0.740. The van der Waals surface area contributed by atoms with E-state index < -0.39 is 10.8 Å². The Balaban J connectivity index is 2.35. The van der Waals surface area contributed by atoms with Crippen molar-refractivity contribution in [2.45, 2.75) is 37.6 Å². The van der Waals surface area contributed by atoms with Crippen molar-refractivity contribution in [2.24, 2.45) is 0 Å². The lowest BCUT2D eigenvalue weighted by molar-refractivity contribution is 0.525. The van der Waals surface area contributed by atoms with E-state index in [1.165, 1.54) is 12.1 Å². The van der Waals surface area contributed by atoms with Gasteiger partial charge in [0.2, 0.25) is 0 Å². The SMILES string of the molecule is CCNC(C)CCCS(=O)c1cccc(F)c1. The first-order valence-electron chi connectivity index (χ1n) is 6.00. The minimum absolute atomic E-state index is 0.322. The molecule has 0 aliphatic rings. The summed E-state index contributed by atoms with van der Waals surface area (Å²) < 4.78 is 24.8. The minimum Gasteiger partial charge on any atom is -0.315 e. The molecular formula is C13H20FNOS. The molecule has 1 N–H and O–H groups in total. The summed E-state index contributed by atoms with van der Waals surface area (Å²) in [5, 5.41) is 3.31. The van der Waals surface area contributed by atoms with Gasteiger partial charge in [0, 0.05) is 16.7 Å². The lowest BCUT2D eigenvalue weighted by Gasteiger charge is -2.11. The Morgan fingerprint density at radius 3 is 2.88 bits per heavy atom. The van der Waals surface area contributed by atoms with E-state index in [0.29, 0.717) is 16.7 Å². The van der Waals surface area contributed by atoms with Crippen LogP contribution < -0.4 is 5.32 Å². The first-order chi connectivity index (χ1) is 8.13. The van der Waals surface area contributed by atoms with Crippen molar-refractivity contribution in [2.75, 3.05) is 12.3 Å². The summed E-state index contributed by atoms with van der Waals surface area (Å²) in [5.74, 6) is 0.274. The second-order valence-electron chi connectivity index (χ2n) is 4.11. The summed E-state index contributed by atoms with van der Waals surface area (Å²) >= 11 is 0. The quantitative estimate of drug-likeness (QED) is 0.813. The molecule has 1 aromatic rings. The van der Waals surface area contributed by atoms with Gasteiger partial charge in [0.15, 0.2) is 0 Å². The Kier molecular flexibility index (Phi) is 6.37. The van der Waals surface area contributed by atoms with Crippen LogP contribution in [0.2, 0.25) is 0 Å². The van der Waals surface area contributed by atoms with Gasteiger partial charge in [0.25, 0.3) is 0 Å². The summed E-state index contributed by atoms with van der Waals surface area (Å²) in [4.78, 5) is 0.584. The molecule has 0 heterocycles. The smallest absolute Gasteiger partial charge is 0.124 e. The Morgan fingerprint density at radius 1 is 1.47 bits per heavy atom. The summed E-state index contributed by atoms with van der Waals surface area (Å²) in [6, 6.07) is 6.48. The topological polar surface area (TPSA) is 29.1 Å². The molecule has 0 spiro atoms. The number of hydrogen-bond donors (Lipinski definition) is 1. The molecule has 0 bridgehead atoms. The first kappa shape index (κ1) is 14.3. The third-order valence-electron chi connectivity index (χ3n) is 2.58. The molecule has 0 saturated heterocycles. The molecular weight excluding hydrogens is 237 g/mol. The van der Waals surface area contributed by atoms with E-state index in [4.69, 9.17) is 0 Å². The number of benzene rings is 1. The van der Waals surface area contributed by atoms with Crippen molar-refractivity contribution in [3.05, 3.63) is 30.1 Å². The minimum atomic E-state index is -1.08. The van der Waals surface area contributed by atoms with E-state index in [1.54, 1.807) is 12.1 Å². The fraction of sp³-hybridized carbons (Fsp3) is 0.538. The van der Waals surface area contributed by atoms with Crippen LogP contribution in [-0.2, 0) is 10.8 Å². The molecule has 0 saturated carbocycles. The summed E-state index contributed by atoms with van der Waals surface area (Å²) in [5.41, 5.74) is 0. The molecule has 0 amide bonds. The maximum atomic E-state index is 12.9. The lowest BCUT2D eigenvalue weighted by Crippen LogP contribution is -2.25. The fourth-order valence-electron chi connectivity index (χ4n) is 1.70. The van der Waals surface area contributed by atoms with Crippen LogP contribution in [0.4, 0.5) is 4.39 Å². The molecule has 0 aliphatic carbocycles. The molecule has 96 valence electrons. The highest BCUT2D eigenvalue weighted by Crippen LogP contribution is 2.10. The Morgan fingerprint density at radius 2 is 2.24 bits per heavy atom. The summed E-state index contributed by atoms with van der Waals surface area (Å²) in [7, 11) is -1.08. The molecule has 0 fully saturated rings. The molecule has 0 aromatic heterocycles. The second-order valence-corrected chi connectivity index (χ2v) is 5.68.